The van der Waals surface area contributed by atoms with Gasteiger partial charge in [-0.25, -0.2) is 9.78 Å². The van der Waals surface area contributed by atoms with Crippen molar-refractivity contribution in [3.63, 3.8) is 0 Å². The number of aryl methyl sites for hydroxylation is 1. The molecule has 3 aromatic rings. The van der Waals surface area contributed by atoms with Crippen LogP contribution >= 0.6 is 0 Å². The van der Waals surface area contributed by atoms with E-state index in [0.717, 1.165) is 0 Å². The molecule has 0 radical (unpaired) electrons. The first-order valence-electron chi connectivity index (χ1n) is 4.79. The summed E-state index contributed by atoms with van der Waals surface area (Å²) in [5.41, 5.74) is -0.0626. The van der Waals surface area contributed by atoms with E-state index in [2.05, 4.69) is 25.1 Å². The number of nitrogens with zero attached hydrogens (tertiary/aromatic N) is 2. The molecule has 3 heterocycles. The number of rotatable bonds is 1. The minimum absolute atomic E-state index is 0.183. The van der Waals surface area contributed by atoms with E-state index in [1.54, 1.807) is 13.0 Å². The molecule has 0 amide bonds. The molecule has 0 aliphatic carbocycles. The molecule has 0 spiro atoms. The number of H-pyrrole nitrogens is 3. The molecule has 0 aromatic carbocycles. The molecule has 0 fully saturated rings. The monoisotopic (exact) mass is 233 g/mol. The zero-order chi connectivity index (χ0) is 12.0. The Labute approximate surface area is 92.7 Å². The Morgan fingerprint density at radius 2 is 2.06 bits per heavy atom. The van der Waals surface area contributed by atoms with Crippen LogP contribution in [0.25, 0.3) is 22.7 Å². The maximum Gasteiger partial charge on any atom is 0.327 e. The fourth-order valence-corrected chi connectivity index (χ4v) is 1.52. The normalized spacial score (nSPS) is 11.1. The quantitative estimate of drug-likeness (QED) is 0.542. The number of aromatic amines is 3. The van der Waals surface area contributed by atoms with Crippen molar-refractivity contribution in [3.8, 4) is 11.6 Å². The number of nitrogens with one attached hydrogen (secondary N) is 3. The zero-order valence-electron chi connectivity index (χ0n) is 8.70. The molecule has 17 heavy (non-hydrogen) atoms. The Bertz CT molecular complexity index is 806. The third-order valence-electron chi connectivity index (χ3n) is 2.25. The van der Waals surface area contributed by atoms with Crippen LogP contribution in [0.2, 0.25) is 0 Å². The summed E-state index contributed by atoms with van der Waals surface area (Å²) in [7, 11) is 0. The minimum Gasteiger partial charge on any atom is -0.353 e. The van der Waals surface area contributed by atoms with Gasteiger partial charge in [0.2, 0.25) is 5.76 Å². The molecule has 0 unspecified atom stereocenters. The van der Waals surface area contributed by atoms with E-state index >= 15 is 0 Å². The van der Waals surface area contributed by atoms with Gasteiger partial charge in [-0.05, 0) is 6.92 Å². The maximum atomic E-state index is 11.5. The summed E-state index contributed by atoms with van der Waals surface area (Å²) in [5.74, 6) is 0.742. The summed E-state index contributed by atoms with van der Waals surface area (Å²) in [4.78, 5) is 33.8. The van der Waals surface area contributed by atoms with Crippen LogP contribution in [-0.4, -0.2) is 25.1 Å². The van der Waals surface area contributed by atoms with Gasteiger partial charge in [-0.2, -0.15) is 0 Å². The van der Waals surface area contributed by atoms with Gasteiger partial charge < -0.3 is 9.51 Å². The van der Waals surface area contributed by atoms with Crippen molar-refractivity contribution in [2.24, 2.45) is 0 Å². The van der Waals surface area contributed by atoms with Gasteiger partial charge in [-0.1, -0.05) is 5.16 Å². The van der Waals surface area contributed by atoms with Crippen molar-refractivity contribution in [1.29, 1.82) is 0 Å². The van der Waals surface area contributed by atoms with Gasteiger partial charge in [0.25, 0.3) is 5.56 Å². The Kier molecular flexibility index (Phi) is 1.79. The average molecular weight is 233 g/mol. The SMILES string of the molecule is Cc1cc(-c2nc3[nH]c(=O)[nH]c(=O)c3[nH]2)on1. The summed E-state index contributed by atoms with van der Waals surface area (Å²) in [6, 6.07) is 1.67. The first-order chi connectivity index (χ1) is 8.13. The summed E-state index contributed by atoms with van der Waals surface area (Å²) in [5, 5.41) is 3.71. The molecule has 3 aromatic heterocycles. The van der Waals surface area contributed by atoms with Crippen LogP contribution in [0.3, 0.4) is 0 Å². The van der Waals surface area contributed by atoms with Crippen molar-refractivity contribution in [1.82, 2.24) is 25.1 Å². The minimum atomic E-state index is -0.602. The number of aromatic nitrogens is 5. The largest absolute Gasteiger partial charge is 0.353 e. The highest BCUT2D eigenvalue weighted by molar-refractivity contribution is 5.73. The van der Waals surface area contributed by atoms with Crippen molar-refractivity contribution in [2.75, 3.05) is 0 Å². The van der Waals surface area contributed by atoms with Crippen LogP contribution in [-0.2, 0) is 0 Å². The third-order valence-corrected chi connectivity index (χ3v) is 2.25. The van der Waals surface area contributed by atoms with E-state index in [9.17, 15) is 9.59 Å². The maximum absolute atomic E-state index is 11.5. The van der Waals surface area contributed by atoms with Crippen molar-refractivity contribution < 1.29 is 4.52 Å². The summed E-state index contributed by atoms with van der Waals surface area (Å²) in [6.45, 7) is 1.77. The predicted molar refractivity (Wildman–Crippen MR) is 57.6 cm³/mol. The number of hydrogen-bond acceptors (Lipinski definition) is 5. The standard InChI is InChI=1S/C9H7N5O3/c1-3-2-4(17-14-3)6-10-5-7(11-6)12-9(16)13-8(5)15/h2H,1H3,(H3,10,11,12,13,15,16). The van der Waals surface area contributed by atoms with Gasteiger partial charge in [0.05, 0.1) is 5.69 Å². The summed E-state index contributed by atoms with van der Waals surface area (Å²) >= 11 is 0. The molecule has 3 N–H and O–H groups in total. The van der Waals surface area contributed by atoms with Crippen LogP contribution < -0.4 is 11.2 Å². The van der Waals surface area contributed by atoms with Gasteiger partial charge in [-0.3, -0.25) is 14.8 Å². The molecular weight excluding hydrogens is 226 g/mol. The van der Waals surface area contributed by atoms with Crippen LogP contribution in [0.5, 0.6) is 0 Å². The van der Waals surface area contributed by atoms with E-state index in [-0.39, 0.29) is 11.2 Å². The fourth-order valence-electron chi connectivity index (χ4n) is 1.52. The second-order valence-electron chi connectivity index (χ2n) is 3.55. The smallest absolute Gasteiger partial charge is 0.327 e. The highest BCUT2D eigenvalue weighted by Crippen LogP contribution is 2.17. The molecule has 0 saturated carbocycles. The van der Waals surface area contributed by atoms with Gasteiger partial charge in [0, 0.05) is 6.07 Å². The highest BCUT2D eigenvalue weighted by atomic mass is 16.5. The summed E-state index contributed by atoms with van der Waals surface area (Å²) in [6.07, 6.45) is 0. The molecule has 3 rings (SSSR count). The molecule has 8 nitrogen and oxygen atoms in total. The second kappa shape index (κ2) is 3.17. The molecule has 86 valence electrons. The Morgan fingerprint density at radius 3 is 2.76 bits per heavy atom. The Balaban J connectivity index is 2.30. The summed E-state index contributed by atoms with van der Waals surface area (Å²) < 4.78 is 5.00. The fraction of sp³-hybridized carbons (Fsp3) is 0.111. The number of imidazole rings is 1. The molecular formula is C9H7N5O3. The molecule has 0 aliphatic rings. The van der Waals surface area contributed by atoms with Gasteiger partial charge in [-0.15, -0.1) is 0 Å². The van der Waals surface area contributed by atoms with E-state index < -0.39 is 11.2 Å². The number of fused-ring (bicyclic) bond motifs is 1. The first kappa shape index (κ1) is 9.58. The predicted octanol–water partition coefficient (Wildman–Crippen LogP) is -0.0971. The molecule has 0 bridgehead atoms. The Hall–Kier alpha value is -2.64. The van der Waals surface area contributed by atoms with Gasteiger partial charge in [0.15, 0.2) is 11.5 Å². The molecule has 0 saturated heterocycles. The second-order valence-corrected chi connectivity index (χ2v) is 3.55. The highest BCUT2D eigenvalue weighted by Gasteiger charge is 2.12. The first-order valence-corrected chi connectivity index (χ1v) is 4.79. The lowest BCUT2D eigenvalue weighted by atomic mass is 10.4. The van der Waals surface area contributed by atoms with E-state index in [1.165, 1.54) is 0 Å². The average Bonchev–Trinajstić information content (AvgIpc) is 2.83. The molecule has 0 atom stereocenters. The van der Waals surface area contributed by atoms with Crippen LogP contribution in [0.15, 0.2) is 20.2 Å². The van der Waals surface area contributed by atoms with E-state index in [4.69, 9.17) is 4.52 Å². The van der Waals surface area contributed by atoms with Crippen molar-refractivity contribution in [3.05, 3.63) is 32.6 Å². The van der Waals surface area contributed by atoms with Crippen LogP contribution in [0.4, 0.5) is 0 Å². The van der Waals surface area contributed by atoms with Crippen LogP contribution in [0.1, 0.15) is 5.69 Å². The molecule has 8 heteroatoms. The lowest BCUT2D eigenvalue weighted by Gasteiger charge is -1.83. The van der Waals surface area contributed by atoms with E-state index in [1.807, 2.05) is 0 Å². The third kappa shape index (κ3) is 1.46. The lowest BCUT2D eigenvalue weighted by molar-refractivity contribution is 0.425. The number of hydrogen-bond donors (Lipinski definition) is 3. The van der Waals surface area contributed by atoms with Crippen molar-refractivity contribution >= 4 is 11.2 Å². The van der Waals surface area contributed by atoms with Gasteiger partial charge >= 0.3 is 5.69 Å². The van der Waals surface area contributed by atoms with E-state index in [0.29, 0.717) is 17.3 Å². The van der Waals surface area contributed by atoms with Crippen LogP contribution in [0, 0.1) is 6.92 Å². The zero-order valence-corrected chi connectivity index (χ0v) is 8.70. The molecule has 0 aliphatic heterocycles. The Morgan fingerprint density at radius 1 is 1.24 bits per heavy atom. The van der Waals surface area contributed by atoms with Crippen molar-refractivity contribution in [2.45, 2.75) is 6.92 Å². The topological polar surface area (TPSA) is 120 Å². The lowest BCUT2D eigenvalue weighted by Crippen LogP contribution is -2.21. The van der Waals surface area contributed by atoms with Gasteiger partial charge in [0.1, 0.15) is 5.52 Å².